The van der Waals surface area contributed by atoms with Crippen molar-refractivity contribution < 1.29 is 17.9 Å². The number of hydrogen-bond donors (Lipinski definition) is 1. The first kappa shape index (κ1) is 18.5. The van der Waals surface area contributed by atoms with Crippen molar-refractivity contribution in [3.8, 4) is 5.75 Å². The van der Waals surface area contributed by atoms with Crippen molar-refractivity contribution in [2.75, 3.05) is 26.2 Å². The molecule has 0 bridgehead atoms. The Morgan fingerprint density at radius 1 is 1.25 bits per heavy atom. The lowest BCUT2D eigenvalue weighted by Crippen LogP contribution is -2.29. The molecule has 132 valence electrons. The Bertz CT molecular complexity index is 659. The summed E-state index contributed by atoms with van der Waals surface area (Å²) in [6.07, 6.45) is 4.50. The van der Waals surface area contributed by atoms with Gasteiger partial charge in [-0.3, -0.25) is 9.69 Å². The first-order valence-electron chi connectivity index (χ1n) is 8.28. The molecule has 1 N–H and O–H groups in total. The topological polar surface area (TPSA) is 75.7 Å². The van der Waals surface area contributed by atoms with Gasteiger partial charge in [-0.1, -0.05) is 18.6 Å². The summed E-state index contributed by atoms with van der Waals surface area (Å²) in [5.41, 5.74) is 1.25. The van der Waals surface area contributed by atoms with E-state index >= 15 is 0 Å². The van der Waals surface area contributed by atoms with Gasteiger partial charge in [0.2, 0.25) is 10.3 Å². The van der Waals surface area contributed by atoms with E-state index in [0.717, 1.165) is 25.4 Å². The van der Waals surface area contributed by atoms with Crippen molar-refractivity contribution in [3.63, 3.8) is 0 Å². The van der Waals surface area contributed by atoms with Gasteiger partial charge in [0, 0.05) is 13.1 Å². The fourth-order valence-corrected chi connectivity index (χ4v) is 2.97. The van der Waals surface area contributed by atoms with Gasteiger partial charge in [-0.2, -0.15) is 8.42 Å². The number of piperidine rings is 1. The average Bonchev–Trinajstić information content (AvgIpc) is 2.55. The van der Waals surface area contributed by atoms with Gasteiger partial charge in [-0.05, 0) is 50.0 Å². The predicted molar refractivity (Wildman–Crippen MR) is 93.7 cm³/mol. The molecule has 6 nitrogen and oxygen atoms in total. The molecule has 2 rings (SSSR count). The number of carbonyl (C=O) groups excluding carboxylic acids is 1. The van der Waals surface area contributed by atoms with Crippen LogP contribution in [0.15, 0.2) is 24.3 Å². The standard InChI is InChI=1S/C17H24N2O4S/c20-17(14-24(21)22)18-8-5-11-23-16-7-4-6-15(12-16)13-19-9-2-1-3-10-19/h4,6-7,12,14H,1-3,5,8-11,13H2,(H,18,20). The number of ether oxygens (including phenoxy) is 1. The molecule has 0 aliphatic carbocycles. The van der Waals surface area contributed by atoms with E-state index < -0.39 is 16.2 Å². The van der Waals surface area contributed by atoms with E-state index in [1.807, 2.05) is 12.1 Å². The third kappa shape index (κ3) is 7.14. The van der Waals surface area contributed by atoms with Gasteiger partial charge >= 0.3 is 0 Å². The SMILES string of the molecule is O=C(C=S(=O)=O)NCCCOc1cccc(CN2CCCCC2)c1. The van der Waals surface area contributed by atoms with Crippen LogP contribution in [0.4, 0.5) is 0 Å². The van der Waals surface area contributed by atoms with Gasteiger partial charge in [0.25, 0.3) is 5.91 Å². The van der Waals surface area contributed by atoms with E-state index in [1.54, 1.807) is 0 Å². The highest BCUT2D eigenvalue weighted by atomic mass is 32.2. The van der Waals surface area contributed by atoms with E-state index in [4.69, 9.17) is 4.74 Å². The summed E-state index contributed by atoms with van der Waals surface area (Å²) in [6.45, 7) is 4.12. The summed E-state index contributed by atoms with van der Waals surface area (Å²) in [6, 6.07) is 8.09. The molecule has 1 aromatic rings. The highest BCUT2D eigenvalue weighted by Crippen LogP contribution is 2.17. The molecule has 1 amide bonds. The van der Waals surface area contributed by atoms with Crippen LogP contribution in [0, 0.1) is 0 Å². The zero-order chi connectivity index (χ0) is 17.2. The third-order valence-electron chi connectivity index (χ3n) is 3.85. The van der Waals surface area contributed by atoms with Crippen LogP contribution in [0.1, 0.15) is 31.2 Å². The van der Waals surface area contributed by atoms with E-state index in [-0.39, 0.29) is 0 Å². The van der Waals surface area contributed by atoms with Crippen molar-refractivity contribution in [2.45, 2.75) is 32.2 Å². The molecule has 0 atom stereocenters. The summed E-state index contributed by atoms with van der Waals surface area (Å²) in [5, 5.41) is 3.11. The normalized spacial score (nSPS) is 14.8. The first-order chi connectivity index (χ1) is 11.6. The highest BCUT2D eigenvalue weighted by molar-refractivity contribution is 7.73. The average molecular weight is 352 g/mol. The fourth-order valence-electron chi connectivity index (χ4n) is 2.71. The molecule has 0 radical (unpaired) electrons. The number of hydrogen-bond acceptors (Lipinski definition) is 5. The van der Waals surface area contributed by atoms with Crippen LogP contribution >= 0.6 is 0 Å². The van der Waals surface area contributed by atoms with Crippen molar-refractivity contribution >= 4 is 21.6 Å². The van der Waals surface area contributed by atoms with E-state index in [2.05, 4.69) is 22.3 Å². The molecule has 7 heteroatoms. The number of carbonyl (C=O) groups is 1. The van der Waals surface area contributed by atoms with E-state index in [0.29, 0.717) is 24.9 Å². The summed E-state index contributed by atoms with van der Waals surface area (Å²) in [5.74, 6) is 0.218. The Balaban J connectivity index is 1.70. The third-order valence-corrected chi connectivity index (χ3v) is 4.25. The summed E-state index contributed by atoms with van der Waals surface area (Å²) < 4.78 is 26.3. The molecule has 1 fully saturated rings. The quantitative estimate of drug-likeness (QED) is 0.563. The first-order valence-corrected chi connectivity index (χ1v) is 9.42. The minimum atomic E-state index is -2.46. The number of likely N-dealkylation sites (tertiary alicyclic amines) is 1. The van der Waals surface area contributed by atoms with Gasteiger partial charge in [-0.15, -0.1) is 0 Å². The van der Waals surface area contributed by atoms with E-state index in [9.17, 15) is 13.2 Å². The predicted octanol–water partition coefficient (Wildman–Crippen LogP) is 1.24. The lowest BCUT2D eigenvalue weighted by molar-refractivity contribution is -0.114. The number of rotatable bonds is 8. The molecule has 1 aliphatic heterocycles. The maximum Gasteiger partial charge on any atom is 0.259 e. The number of benzene rings is 1. The van der Waals surface area contributed by atoms with Crippen LogP contribution in [0.2, 0.25) is 0 Å². The smallest absolute Gasteiger partial charge is 0.259 e. The number of nitrogens with zero attached hydrogens (tertiary/aromatic N) is 1. The van der Waals surface area contributed by atoms with Gasteiger partial charge in [0.05, 0.1) is 6.61 Å². The van der Waals surface area contributed by atoms with Gasteiger partial charge < -0.3 is 10.1 Å². The molecule has 0 saturated carbocycles. The lowest BCUT2D eigenvalue weighted by Gasteiger charge is -2.26. The number of nitrogens with one attached hydrogen (secondary N) is 1. The molecule has 0 spiro atoms. The Morgan fingerprint density at radius 3 is 2.79 bits per heavy atom. The van der Waals surface area contributed by atoms with Gasteiger partial charge in [0.15, 0.2) is 0 Å². The zero-order valence-corrected chi connectivity index (χ0v) is 14.6. The Kier molecular flexibility index (Phi) is 7.77. The highest BCUT2D eigenvalue weighted by Gasteiger charge is 2.10. The molecular formula is C17H24N2O4S. The van der Waals surface area contributed by atoms with Gasteiger partial charge in [-0.25, -0.2) is 0 Å². The molecular weight excluding hydrogens is 328 g/mol. The van der Waals surface area contributed by atoms with Crippen molar-refractivity contribution in [1.82, 2.24) is 10.2 Å². The van der Waals surface area contributed by atoms with Crippen LogP contribution in [-0.4, -0.2) is 50.8 Å². The second-order valence-corrected chi connectivity index (χ2v) is 6.61. The Labute approximate surface area is 144 Å². The second-order valence-electron chi connectivity index (χ2n) is 5.86. The molecule has 1 heterocycles. The lowest BCUT2D eigenvalue weighted by atomic mass is 10.1. The summed E-state index contributed by atoms with van der Waals surface area (Å²) in [4.78, 5) is 13.6. The molecule has 1 aliphatic rings. The van der Waals surface area contributed by atoms with Crippen molar-refractivity contribution in [1.29, 1.82) is 0 Å². The van der Waals surface area contributed by atoms with Crippen molar-refractivity contribution in [3.05, 3.63) is 29.8 Å². The zero-order valence-electron chi connectivity index (χ0n) is 13.7. The van der Waals surface area contributed by atoms with Gasteiger partial charge in [0.1, 0.15) is 11.1 Å². The summed E-state index contributed by atoms with van der Waals surface area (Å²) in [7, 11) is -2.46. The monoisotopic (exact) mass is 352 g/mol. The molecule has 0 unspecified atom stereocenters. The Morgan fingerprint density at radius 2 is 2.04 bits per heavy atom. The molecule has 24 heavy (non-hydrogen) atoms. The summed E-state index contributed by atoms with van der Waals surface area (Å²) >= 11 is 0. The molecule has 1 saturated heterocycles. The van der Waals surface area contributed by atoms with Crippen LogP contribution in [0.5, 0.6) is 5.75 Å². The molecule has 1 aromatic carbocycles. The van der Waals surface area contributed by atoms with Crippen LogP contribution in [-0.2, 0) is 21.6 Å². The second kappa shape index (κ2) is 10.1. The maximum absolute atomic E-state index is 11.1. The minimum Gasteiger partial charge on any atom is -0.494 e. The Hall–Kier alpha value is -1.86. The maximum atomic E-state index is 11.1. The minimum absolute atomic E-state index is 0.375. The van der Waals surface area contributed by atoms with E-state index in [1.165, 1.54) is 24.8 Å². The largest absolute Gasteiger partial charge is 0.494 e. The van der Waals surface area contributed by atoms with Crippen LogP contribution in [0.3, 0.4) is 0 Å². The van der Waals surface area contributed by atoms with Crippen molar-refractivity contribution in [2.24, 2.45) is 0 Å². The van der Waals surface area contributed by atoms with Crippen LogP contribution < -0.4 is 10.1 Å². The fraction of sp³-hybridized carbons (Fsp3) is 0.529. The molecule has 0 aromatic heterocycles. The van der Waals surface area contributed by atoms with Crippen LogP contribution in [0.25, 0.3) is 0 Å². The number of amides is 1.